The first-order valence-corrected chi connectivity index (χ1v) is 11.4. The maximum absolute atomic E-state index is 13.1. The van der Waals surface area contributed by atoms with E-state index in [0.717, 1.165) is 33.6 Å². The Labute approximate surface area is 203 Å². The van der Waals surface area contributed by atoms with E-state index in [0.29, 0.717) is 18.1 Å². The third-order valence-electron chi connectivity index (χ3n) is 5.80. The Morgan fingerprint density at radius 3 is 2.54 bits per heavy atom. The topological polar surface area (TPSA) is 96.9 Å². The number of benzene rings is 3. The fourth-order valence-electron chi connectivity index (χ4n) is 3.95. The average Bonchev–Trinajstić information content (AvgIpc) is 3.51. The van der Waals surface area contributed by atoms with E-state index in [1.165, 1.54) is 0 Å². The SMILES string of the molecule is COc1ccc(CC(NC(=O)Nc2ccnn2-c2ccc(C)cc2)c2nc3ccccc3[nH]2)cc1. The quantitative estimate of drug-likeness (QED) is 0.308. The van der Waals surface area contributed by atoms with Crippen LogP contribution in [0, 0.1) is 6.92 Å². The third-order valence-corrected chi connectivity index (χ3v) is 5.80. The lowest BCUT2D eigenvalue weighted by molar-refractivity contribution is 0.248. The number of ether oxygens (including phenoxy) is 1. The normalized spacial score (nSPS) is 11.8. The predicted octanol–water partition coefficient (Wildman–Crippen LogP) is 5.17. The van der Waals surface area contributed by atoms with Gasteiger partial charge in [-0.3, -0.25) is 5.32 Å². The first-order chi connectivity index (χ1) is 17.1. The zero-order valence-electron chi connectivity index (χ0n) is 19.5. The zero-order valence-corrected chi connectivity index (χ0v) is 19.5. The van der Waals surface area contributed by atoms with Crippen molar-refractivity contribution in [1.82, 2.24) is 25.1 Å². The van der Waals surface area contributed by atoms with Gasteiger partial charge in [-0.05, 0) is 55.3 Å². The van der Waals surface area contributed by atoms with Gasteiger partial charge in [0.15, 0.2) is 0 Å². The number of carbonyl (C=O) groups excluding carboxylic acids is 1. The molecular formula is C27H26N6O2. The molecule has 0 aliphatic heterocycles. The Hall–Kier alpha value is -4.59. The van der Waals surface area contributed by atoms with Crippen LogP contribution in [0.25, 0.3) is 16.7 Å². The van der Waals surface area contributed by atoms with Crippen molar-refractivity contribution >= 4 is 22.9 Å². The summed E-state index contributed by atoms with van der Waals surface area (Å²) in [6, 6.07) is 24.6. The zero-order chi connectivity index (χ0) is 24.2. The van der Waals surface area contributed by atoms with Crippen LogP contribution in [0.15, 0.2) is 85.1 Å². The first-order valence-electron chi connectivity index (χ1n) is 11.4. The molecule has 8 nitrogen and oxygen atoms in total. The Bertz CT molecular complexity index is 1400. The van der Waals surface area contributed by atoms with Gasteiger partial charge in [0.1, 0.15) is 17.4 Å². The smallest absolute Gasteiger partial charge is 0.321 e. The number of imidazole rings is 1. The molecule has 1 atom stereocenters. The van der Waals surface area contributed by atoms with Crippen molar-refractivity contribution in [2.45, 2.75) is 19.4 Å². The number of hydrogen-bond donors (Lipinski definition) is 3. The molecule has 0 saturated carbocycles. The Balaban J connectivity index is 1.38. The number of amides is 2. The molecule has 5 aromatic rings. The van der Waals surface area contributed by atoms with Crippen molar-refractivity contribution in [1.29, 1.82) is 0 Å². The molecule has 2 heterocycles. The van der Waals surface area contributed by atoms with Crippen molar-refractivity contribution in [3.63, 3.8) is 0 Å². The Morgan fingerprint density at radius 2 is 1.80 bits per heavy atom. The molecule has 2 amide bonds. The number of nitrogens with zero attached hydrogens (tertiary/aromatic N) is 3. The number of carbonyl (C=O) groups is 1. The van der Waals surface area contributed by atoms with E-state index in [9.17, 15) is 4.79 Å². The van der Waals surface area contributed by atoms with Crippen LogP contribution in [0.1, 0.15) is 23.0 Å². The summed E-state index contributed by atoms with van der Waals surface area (Å²) in [7, 11) is 1.64. The summed E-state index contributed by atoms with van der Waals surface area (Å²) in [6.07, 6.45) is 2.21. The maximum Gasteiger partial charge on any atom is 0.321 e. The number of rotatable bonds is 7. The number of fused-ring (bicyclic) bond motifs is 1. The minimum Gasteiger partial charge on any atom is -0.497 e. The fraction of sp³-hybridized carbons (Fsp3) is 0.148. The molecule has 8 heteroatoms. The van der Waals surface area contributed by atoms with E-state index < -0.39 is 0 Å². The van der Waals surface area contributed by atoms with Crippen LogP contribution < -0.4 is 15.4 Å². The first kappa shape index (κ1) is 22.2. The second kappa shape index (κ2) is 9.72. The van der Waals surface area contributed by atoms with E-state index in [1.54, 1.807) is 24.1 Å². The van der Waals surface area contributed by atoms with Crippen LogP contribution in [0.5, 0.6) is 5.75 Å². The predicted molar refractivity (Wildman–Crippen MR) is 136 cm³/mol. The Kier molecular flexibility index (Phi) is 6.17. The summed E-state index contributed by atoms with van der Waals surface area (Å²) >= 11 is 0. The lowest BCUT2D eigenvalue weighted by Crippen LogP contribution is -2.34. The monoisotopic (exact) mass is 466 g/mol. The van der Waals surface area contributed by atoms with Gasteiger partial charge in [0, 0.05) is 6.07 Å². The molecule has 0 saturated heterocycles. The average molecular weight is 467 g/mol. The highest BCUT2D eigenvalue weighted by Gasteiger charge is 2.20. The van der Waals surface area contributed by atoms with Gasteiger partial charge in [0.25, 0.3) is 0 Å². The van der Waals surface area contributed by atoms with Crippen molar-refractivity contribution in [2.75, 3.05) is 12.4 Å². The summed E-state index contributed by atoms with van der Waals surface area (Å²) in [6.45, 7) is 2.03. The van der Waals surface area contributed by atoms with Crippen molar-refractivity contribution in [3.8, 4) is 11.4 Å². The molecule has 176 valence electrons. The van der Waals surface area contributed by atoms with Crippen LogP contribution in [0.3, 0.4) is 0 Å². The lowest BCUT2D eigenvalue weighted by Gasteiger charge is -2.18. The standard InChI is InChI=1S/C27H26N6O2/c1-18-7-11-20(12-8-18)33-25(15-16-28-33)32-27(34)31-24(17-19-9-13-21(35-2)14-10-19)26-29-22-5-3-4-6-23(22)30-26/h3-16,24H,17H2,1-2H3,(H,29,30)(H2,31,32,34). The van der Waals surface area contributed by atoms with Gasteiger partial charge >= 0.3 is 6.03 Å². The molecule has 35 heavy (non-hydrogen) atoms. The second-order valence-electron chi connectivity index (χ2n) is 8.31. The number of anilines is 1. The molecule has 1 unspecified atom stereocenters. The molecule has 0 fully saturated rings. The van der Waals surface area contributed by atoms with Gasteiger partial charge in [-0.1, -0.05) is 42.0 Å². The number of aromatic nitrogens is 4. The van der Waals surface area contributed by atoms with E-state index in [2.05, 4.69) is 20.7 Å². The summed E-state index contributed by atoms with van der Waals surface area (Å²) in [5.74, 6) is 2.03. The maximum atomic E-state index is 13.1. The van der Waals surface area contributed by atoms with Crippen LogP contribution in [-0.2, 0) is 6.42 Å². The lowest BCUT2D eigenvalue weighted by atomic mass is 10.1. The third kappa shape index (κ3) is 5.01. The van der Waals surface area contributed by atoms with Crippen molar-refractivity contribution < 1.29 is 9.53 Å². The number of H-pyrrole nitrogens is 1. The minimum absolute atomic E-state index is 0.349. The number of nitrogens with one attached hydrogen (secondary N) is 3. The molecule has 2 aromatic heterocycles. The fourth-order valence-corrected chi connectivity index (χ4v) is 3.95. The number of para-hydroxylation sites is 2. The van der Waals surface area contributed by atoms with Crippen LogP contribution >= 0.6 is 0 Å². The molecule has 0 aliphatic rings. The molecule has 0 spiro atoms. The number of hydrogen-bond acceptors (Lipinski definition) is 4. The minimum atomic E-state index is -0.383. The van der Waals surface area contributed by atoms with E-state index in [-0.39, 0.29) is 12.1 Å². The molecule has 0 bridgehead atoms. The molecule has 0 aliphatic carbocycles. The van der Waals surface area contributed by atoms with Gasteiger partial charge < -0.3 is 15.0 Å². The molecular weight excluding hydrogens is 440 g/mol. The molecule has 0 radical (unpaired) electrons. The number of aryl methyl sites for hydroxylation is 1. The summed E-state index contributed by atoms with van der Waals surface area (Å²) in [5.41, 5.74) is 4.83. The van der Waals surface area contributed by atoms with Gasteiger partial charge in [-0.25, -0.2) is 14.5 Å². The number of methoxy groups -OCH3 is 1. The Morgan fingerprint density at radius 1 is 1.03 bits per heavy atom. The highest BCUT2D eigenvalue weighted by Crippen LogP contribution is 2.22. The van der Waals surface area contributed by atoms with Crippen molar-refractivity contribution in [3.05, 3.63) is 102 Å². The summed E-state index contributed by atoms with van der Waals surface area (Å²) < 4.78 is 6.96. The van der Waals surface area contributed by atoms with E-state index in [1.807, 2.05) is 79.7 Å². The molecule has 3 N–H and O–H groups in total. The summed E-state index contributed by atoms with van der Waals surface area (Å²) in [4.78, 5) is 21.2. The number of aromatic amines is 1. The van der Waals surface area contributed by atoms with E-state index in [4.69, 9.17) is 9.72 Å². The van der Waals surface area contributed by atoms with Crippen LogP contribution in [0.2, 0.25) is 0 Å². The van der Waals surface area contributed by atoms with Crippen molar-refractivity contribution in [2.24, 2.45) is 0 Å². The number of urea groups is 1. The largest absolute Gasteiger partial charge is 0.497 e. The highest BCUT2D eigenvalue weighted by atomic mass is 16.5. The van der Waals surface area contributed by atoms with Gasteiger partial charge in [0.2, 0.25) is 0 Å². The van der Waals surface area contributed by atoms with Crippen LogP contribution in [-0.4, -0.2) is 32.9 Å². The molecule has 3 aromatic carbocycles. The van der Waals surface area contributed by atoms with Crippen LogP contribution in [0.4, 0.5) is 10.6 Å². The van der Waals surface area contributed by atoms with E-state index >= 15 is 0 Å². The molecule has 5 rings (SSSR count). The van der Waals surface area contributed by atoms with Gasteiger partial charge in [0.05, 0.1) is 36.1 Å². The van der Waals surface area contributed by atoms with Gasteiger partial charge in [-0.15, -0.1) is 0 Å². The second-order valence-corrected chi connectivity index (χ2v) is 8.31. The van der Waals surface area contributed by atoms with Gasteiger partial charge in [-0.2, -0.15) is 5.10 Å². The highest BCUT2D eigenvalue weighted by molar-refractivity contribution is 5.89. The summed E-state index contributed by atoms with van der Waals surface area (Å²) in [5, 5.41) is 10.4.